The van der Waals surface area contributed by atoms with Crippen LogP contribution in [0.4, 0.5) is 23.7 Å². The van der Waals surface area contributed by atoms with Crippen molar-refractivity contribution in [3.8, 4) is 5.75 Å². The molecule has 0 bridgehead atoms. The zero-order chi connectivity index (χ0) is 17.9. The van der Waals surface area contributed by atoms with E-state index in [0.717, 1.165) is 17.0 Å². The molecule has 2 rings (SSSR count). The Morgan fingerprint density at radius 3 is 2.62 bits per heavy atom. The number of carbonyl (C=O) groups excluding carboxylic acids is 1. The summed E-state index contributed by atoms with van der Waals surface area (Å²) in [6.07, 6.45) is -5.68. The molecule has 0 spiro atoms. The zero-order valence-electron chi connectivity index (χ0n) is 12.3. The first-order valence-electron chi connectivity index (χ1n) is 7.00. The Morgan fingerprint density at radius 2 is 2.04 bits per heavy atom. The molecular formula is C14H15F3N2O5. The van der Waals surface area contributed by atoms with Gasteiger partial charge in [-0.3, -0.25) is 9.69 Å². The van der Waals surface area contributed by atoms with Gasteiger partial charge in [0.15, 0.2) is 0 Å². The minimum atomic E-state index is -4.86. The van der Waals surface area contributed by atoms with Crippen LogP contribution in [0.1, 0.15) is 12.8 Å². The lowest BCUT2D eigenvalue weighted by Gasteiger charge is -2.25. The van der Waals surface area contributed by atoms with Crippen LogP contribution in [0.5, 0.6) is 5.75 Å². The van der Waals surface area contributed by atoms with Crippen LogP contribution in [-0.2, 0) is 4.79 Å². The van der Waals surface area contributed by atoms with Crippen LogP contribution in [0.3, 0.4) is 0 Å². The standard InChI is InChI=1S/C14H15F3N2O5/c15-14(16,17)24-10-3-1-2-8(6-10)18-12(21)11-5-4-9(7-20)19(11)13(22)23/h1-3,6,9,11,20H,4-5,7H2,(H,18,21)(H,22,23)/t9-,11+/m1/s1. The van der Waals surface area contributed by atoms with E-state index < -0.39 is 42.8 Å². The molecule has 132 valence electrons. The number of rotatable bonds is 4. The lowest BCUT2D eigenvalue weighted by Crippen LogP contribution is -2.47. The number of likely N-dealkylation sites (tertiary alicyclic amines) is 1. The van der Waals surface area contributed by atoms with Crippen LogP contribution in [0, 0.1) is 0 Å². The topological polar surface area (TPSA) is 99.1 Å². The molecule has 0 saturated carbocycles. The van der Waals surface area contributed by atoms with Gasteiger partial charge in [0, 0.05) is 11.8 Å². The smallest absolute Gasteiger partial charge is 0.465 e. The first-order valence-corrected chi connectivity index (χ1v) is 7.00. The van der Waals surface area contributed by atoms with E-state index in [1.165, 1.54) is 12.1 Å². The van der Waals surface area contributed by atoms with Crippen molar-refractivity contribution in [2.75, 3.05) is 11.9 Å². The van der Waals surface area contributed by atoms with Gasteiger partial charge in [-0.05, 0) is 25.0 Å². The number of ether oxygens (including phenoxy) is 1. The Labute approximate surface area is 134 Å². The molecule has 0 radical (unpaired) electrons. The average molecular weight is 348 g/mol. The molecule has 0 aliphatic carbocycles. The summed E-state index contributed by atoms with van der Waals surface area (Å²) in [6.45, 7) is -0.412. The second-order valence-corrected chi connectivity index (χ2v) is 5.18. The number of benzene rings is 1. The van der Waals surface area contributed by atoms with E-state index >= 15 is 0 Å². The van der Waals surface area contributed by atoms with E-state index in [1.54, 1.807) is 0 Å². The largest absolute Gasteiger partial charge is 0.573 e. The highest BCUT2D eigenvalue weighted by Crippen LogP contribution is 2.27. The molecule has 10 heteroatoms. The number of aliphatic hydroxyl groups excluding tert-OH is 1. The summed E-state index contributed by atoms with van der Waals surface area (Å²) in [5.74, 6) is -1.19. The Morgan fingerprint density at radius 1 is 1.33 bits per heavy atom. The number of aliphatic hydroxyl groups is 1. The number of halogens is 3. The number of hydrogen-bond donors (Lipinski definition) is 3. The summed E-state index contributed by atoms with van der Waals surface area (Å²) in [5.41, 5.74) is 0.0412. The van der Waals surface area contributed by atoms with Gasteiger partial charge in [0.05, 0.1) is 12.6 Å². The number of carbonyl (C=O) groups is 2. The summed E-state index contributed by atoms with van der Waals surface area (Å²) in [4.78, 5) is 24.3. The number of hydrogen-bond acceptors (Lipinski definition) is 4. The third-order valence-corrected chi connectivity index (χ3v) is 3.57. The molecular weight excluding hydrogens is 333 g/mol. The van der Waals surface area contributed by atoms with E-state index in [4.69, 9.17) is 10.2 Å². The van der Waals surface area contributed by atoms with Crippen molar-refractivity contribution >= 4 is 17.7 Å². The maximum absolute atomic E-state index is 12.2. The Balaban J connectivity index is 2.09. The number of alkyl halides is 3. The normalized spacial score (nSPS) is 20.8. The first kappa shape index (κ1) is 17.9. The number of anilines is 1. The number of carboxylic acid groups (broad SMARTS) is 1. The quantitative estimate of drug-likeness (QED) is 0.773. The number of nitrogens with zero attached hydrogens (tertiary/aromatic N) is 1. The Kier molecular flexibility index (Phi) is 5.17. The van der Waals surface area contributed by atoms with E-state index in [1.807, 2.05) is 0 Å². The van der Waals surface area contributed by atoms with Crippen molar-refractivity contribution in [3.05, 3.63) is 24.3 Å². The highest BCUT2D eigenvalue weighted by molar-refractivity contribution is 5.97. The minimum Gasteiger partial charge on any atom is -0.465 e. The summed E-state index contributed by atoms with van der Waals surface area (Å²) in [7, 11) is 0. The second kappa shape index (κ2) is 6.95. The van der Waals surface area contributed by atoms with Gasteiger partial charge in [-0.25, -0.2) is 4.79 Å². The molecule has 3 N–H and O–H groups in total. The van der Waals surface area contributed by atoms with Crippen molar-refractivity contribution in [1.29, 1.82) is 0 Å². The third kappa shape index (κ3) is 4.28. The summed E-state index contributed by atoms with van der Waals surface area (Å²) < 4.78 is 40.3. The summed E-state index contributed by atoms with van der Waals surface area (Å²) in [6, 6.07) is 2.96. The molecule has 1 aliphatic heterocycles. The molecule has 1 aromatic rings. The molecule has 7 nitrogen and oxygen atoms in total. The average Bonchev–Trinajstić information content (AvgIpc) is 2.89. The van der Waals surface area contributed by atoms with Crippen LogP contribution < -0.4 is 10.1 Å². The van der Waals surface area contributed by atoms with Crippen LogP contribution >= 0.6 is 0 Å². The van der Waals surface area contributed by atoms with E-state index in [-0.39, 0.29) is 12.1 Å². The maximum Gasteiger partial charge on any atom is 0.573 e. The molecule has 1 heterocycles. The van der Waals surface area contributed by atoms with Crippen LogP contribution in [0.15, 0.2) is 24.3 Å². The fourth-order valence-corrected chi connectivity index (χ4v) is 2.61. The molecule has 0 aromatic heterocycles. The van der Waals surface area contributed by atoms with E-state index in [0.29, 0.717) is 6.42 Å². The summed E-state index contributed by atoms with van der Waals surface area (Å²) >= 11 is 0. The Hall–Kier alpha value is -2.49. The predicted octanol–water partition coefficient (Wildman–Crippen LogP) is 2.03. The van der Waals surface area contributed by atoms with Gasteiger partial charge >= 0.3 is 12.5 Å². The molecule has 0 unspecified atom stereocenters. The van der Waals surface area contributed by atoms with Gasteiger partial charge in [0.2, 0.25) is 5.91 Å². The molecule has 2 atom stereocenters. The first-order chi connectivity index (χ1) is 11.2. The van der Waals surface area contributed by atoms with E-state index in [2.05, 4.69) is 10.1 Å². The maximum atomic E-state index is 12.2. The summed E-state index contributed by atoms with van der Waals surface area (Å²) in [5, 5.41) is 20.7. The second-order valence-electron chi connectivity index (χ2n) is 5.18. The highest BCUT2D eigenvalue weighted by Gasteiger charge is 2.40. The molecule has 2 amide bonds. The molecule has 24 heavy (non-hydrogen) atoms. The zero-order valence-corrected chi connectivity index (χ0v) is 12.3. The van der Waals surface area contributed by atoms with Crippen LogP contribution in [-0.4, -0.2) is 52.2 Å². The molecule has 1 aliphatic rings. The lowest BCUT2D eigenvalue weighted by molar-refractivity contribution is -0.274. The van der Waals surface area contributed by atoms with Crippen molar-refractivity contribution in [2.45, 2.75) is 31.3 Å². The van der Waals surface area contributed by atoms with Crippen LogP contribution in [0.2, 0.25) is 0 Å². The van der Waals surface area contributed by atoms with Gasteiger partial charge in [-0.2, -0.15) is 0 Å². The van der Waals surface area contributed by atoms with Crippen molar-refractivity contribution in [3.63, 3.8) is 0 Å². The molecule has 1 aromatic carbocycles. The fraction of sp³-hybridized carbons (Fsp3) is 0.429. The van der Waals surface area contributed by atoms with Crippen LogP contribution in [0.25, 0.3) is 0 Å². The van der Waals surface area contributed by atoms with Crippen molar-refractivity contribution < 1.29 is 37.7 Å². The number of nitrogens with one attached hydrogen (secondary N) is 1. The highest BCUT2D eigenvalue weighted by atomic mass is 19.4. The van der Waals surface area contributed by atoms with Gasteiger partial charge in [-0.1, -0.05) is 6.07 Å². The predicted molar refractivity (Wildman–Crippen MR) is 75.5 cm³/mol. The van der Waals surface area contributed by atoms with Gasteiger partial charge in [0.25, 0.3) is 0 Å². The van der Waals surface area contributed by atoms with E-state index in [9.17, 15) is 22.8 Å². The lowest BCUT2D eigenvalue weighted by atomic mass is 10.2. The molecule has 1 saturated heterocycles. The van der Waals surface area contributed by atoms with Gasteiger partial charge in [-0.15, -0.1) is 13.2 Å². The Bertz CT molecular complexity index is 623. The fourth-order valence-electron chi connectivity index (χ4n) is 2.61. The SMILES string of the molecule is O=C(Nc1cccc(OC(F)(F)F)c1)[C@@H]1CC[C@H](CO)N1C(=O)O. The minimum absolute atomic E-state index is 0.0412. The third-order valence-electron chi connectivity index (χ3n) is 3.57. The van der Waals surface area contributed by atoms with Gasteiger partial charge < -0.3 is 20.3 Å². The van der Waals surface area contributed by atoms with Crippen molar-refractivity contribution in [2.24, 2.45) is 0 Å². The molecule has 1 fully saturated rings. The number of amides is 2. The van der Waals surface area contributed by atoms with Gasteiger partial charge in [0.1, 0.15) is 11.8 Å². The van der Waals surface area contributed by atoms with Crippen molar-refractivity contribution in [1.82, 2.24) is 4.90 Å². The monoisotopic (exact) mass is 348 g/mol.